The SMILES string of the molecule is O=Cc1n[nH]c2c1CCN(CC(F)(F)F)C2. The first-order valence-corrected chi connectivity index (χ1v) is 4.80. The molecule has 0 fully saturated rings. The van der Waals surface area contributed by atoms with Crippen LogP contribution in [0.3, 0.4) is 0 Å². The van der Waals surface area contributed by atoms with Gasteiger partial charge in [0.25, 0.3) is 0 Å². The van der Waals surface area contributed by atoms with Crippen molar-refractivity contribution in [2.45, 2.75) is 19.1 Å². The Balaban J connectivity index is 2.10. The van der Waals surface area contributed by atoms with Crippen molar-refractivity contribution < 1.29 is 18.0 Å². The van der Waals surface area contributed by atoms with Gasteiger partial charge in [0.1, 0.15) is 5.69 Å². The van der Waals surface area contributed by atoms with E-state index in [1.54, 1.807) is 0 Å². The van der Waals surface area contributed by atoms with Crippen LogP contribution in [0, 0.1) is 0 Å². The molecule has 7 heteroatoms. The number of carbonyl (C=O) groups is 1. The number of nitrogens with zero attached hydrogens (tertiary/aromatic N) is 2. The van der Waals surface area contributed by atoms with Gasteiger partial charge in [0.15, 0.2) is 6.29 Å². The molecule has 1 aromatic rings. The van der Waals surface area contributed by atoms with E-state index in [-0.39, 0.29) is 6.54 Å². The fraction of sp³-hybridized carbons (Fsp3) is 0.556. The average molecular weight is 233 g/mol. The summed E-state index contributed by atoms with van der Waals surface area (Å²) in [6, 6.07) is 0. The molecule has 2 rings (SSSR count). The first-order chi connectivity index (χ1) is 7.49. The number of aromatic nitrogens is 2. The standard InChI is InChI=1S/C9H10F3N3O/c10-9(11,12)5-15-2-1-6-7(3-15)13-14-8(6)4-16/h4H,1-3,5H2,(H,13,14). The maximum absolute atomic E-state index is 12.2. The molecule has 0 saturated carbocycles. The highest BCUT2D eigenvalue weighted by molar-refractivity contribution is 5.74. The number of hydrogen-bond acceptors (Lipinski definition) is 3. The first kappa shape index (κ1) is 11.1. The van der Waals surface area contributed by atoms with Gasteiger partial charge in [0, 0.05) is 18.7 Å². The summed E-state index contributed by atoms with van der Waals surface area (Å²) in [6.45, 7) is -0.468. The second-order valence-corrected chi connectivity index (χ2v) is 3.76. The van der Waals surface area contributed by atoms with E-state index in [0.29, 0.717) is 30.6 Å². The molecule has 16 heavy (non-hydrogen) atoms. The zero-order valence-electron chi connectivity index (χ0n) is 8.34. The van der Waals surface area contributed by atoms with Crippen LogP contribution in [0.1, 0.15) is 21.7 Å². The molecule has 0 aromatic carbocycles. The highest BCUT2D eigenvalue weighted by Gasteiger charge is 2.33. The predicted molar refractivity (Wildman–Crippen MR) is 49.0 cm³/mol. The van der Waals surface area contributed by atoms with Crippen LogP contribution in [0.2, 0.25) is 0 Å². The van der Waals surface area contributed by atoms with E-state index in [2.05, 4.69) is 10.2 Å². The number of aromatic amines is 1. The maximum Gasteiger partial charge on any atom is 0.401 e. The minimum Gasteiger partial charge on any atom is -0.296 e. The third-order valence-corrected chi connectivity index (χ3v) is 2.56. The van der Waals surface area contributed by atoms with Crippen LogP contribution >= 0.6 is 0 Å². The van der Waals surface area contributed by atoms with Gasteiger partial charge in [-0.25, -0.2) is 0 Å². The molecule has 0 aliphatic carbocycles. The van der Waals surface area contributed by atoms with Crippen molar-refractivity contribution in [3.8, 4) is 0 Å². The maximum atomic E-state index is 12.2. The minimum absolute atomic E-state index is 0.162. The Morgan fingerprint density at radius 2 is 2.25 bits per heavy atom. The smallest absolute Gasteiger partial charge is 0.296 e. The molecule has 88 valence electrons. The summed E-state index contributed by atoms with van der Waals surface area (Å²) in [5.74, 6) is 0. The Morgan fingerprint density at radius 3 is 2.88 bits per heavy atom. The number of aldehydes is 1. The summed E-state index contributed by atoms with van der Waals surface area (Å²) in [7, 11) is 0. The van der Waals surface area contributed by atoms with Gasteiger partial charge in [-0.3, -0.25) is 14.8 Å². The molecule has 4 nitrogen and oxygen atoms in total. The molecule has 0 radical (unpaired) electrons. The van der Waals surface area contributed by atoms with E-state index in [9.17, 15) is 18.0 Å². The molecule has 0 spiro atoms. The van der Waals surface area contributed by atoms with Crippen molar-refractivity contribution in [1.29, 1.82) is 0 Å². The van der Waals surface area contributed by atoms with Crippen molar-refractivity contribution >= 4 is 6.29 Å². The summed E-state index contributed by atoms with van der Waals surface area (Å²) in [6.07, 6.45) is -3.14. The number of H-pyrrole nitrogens is 1. The molecule has 0 atom stereocenters. The number of alkyl halides is 3. The Bertz CT molecular complexity index is 399. The number of halogens is 3. The van der Waals surface area contributed by atoms with Crippen molar-refractivity contribution in [3.05, 3.63) is 17.0 Å². The second kappa shape index (κ2) is 3.89. The quantitative estimate of drug-likeness (QED) is 0.779. The molecular formula is C9H10F3N3O. The summed E-state index contributed by atoms with van der Waals surface area (Å²) < 4.78 is 36.5. The summed E-state index contributed by atoms with van der Waals surface area (Å²) in [5, 5.41) is 6.35. The molecule has 0 amide bonds. The summed E-state index contributed by atoms with van der Waals surface area (Å²) in [5.41, 5.74) is 1.66. The van der Waals surface area contributed by atoms with Gasteiger partial charge in [-0.15, -0.1) is 0 Å². The lowest BCUT2D eigenvalue weighted by Crippen LogP contribution is -2.38. The summed E-state index contributed by atoms with van der Waals surface area (Å²) in [4.78, 5) is 11.9. The Morgan fingerprint density at radius 1 is 1.50 bits per heavy atom. The second-order valence-electron chi connectivity index (χ2n) is 3.76. The lowest BCUT2D eigenvalue weighted by Gasteiger charge is -2.27. The van der Waals surface area contributed by atoms with Crippen LogP contribution in [-0.2, 0) is 13.0 Å². The molecular weight excluding hydrogens is 223 g/mol. The third kappa shape index (κ3) is 2.24. The minimum atomic E-state index is -4.19. The lowest BCUT2D eigenvalue weighted by atomic mass is 10.1. The van der Waals surface area contributed by atoms with Crippen LogP contribution in [0.5, 0.6) is 0 Å². The average Bonchev–Trinajstić information content (AvgIpc) is 2.57. The number of hydrogen-bond donors (Lipinski definition) is 1. The lowest BCUT2D eigenvalue weighted by molar-refractivity contribution is -0.147. The Labute approximate surface area is 89.4 Å². The molecule has 1 aromatic heterocycles. The third-order valence-electron chi connectivity index (χ3n) is 2.56. The zero-order chi connectivity index (χ0) is 11.8. The van der Waals surface area contributed by atoms with Crippen LogP contribution in [0.4, 0.5) is 13.2 Å². The number of fused-ring (bicyclic) bond motifs is 1. The van der Waals surface area contributed by atoms with Gasteiger partial charge in [-0.1, -0.05) is 0 Å². The van der Waals surface area contributed by atoms with Gasteiger partial charge in [-0.2, -0.15) is 18.3 Å². The predicted octanol–water partition coefficient (Wildman–Crippen LogP) is 1.14. The fourth-order valence-corrected chi connectivity index (χ4v) is 1.89. The molecule has 0 bridgehead atoms. The Kier molecular flexibility index (Phi) is 2.71. The molecule has 1 aliphatic rings. The number of carbonyl (C=O) groups excluding carboxylic acids is 1. The normalized spacial score (nSPS) is 17.2. The van der Waals surface area contributed by atoms with Gasteiger partial charge < -0.3 is 0 Å². The summed E-state index contributed by atoms with van der Waals surface area (Å²) >= 11 is 0. The topological polar surface area (TPSA) is 49.0 Å². The molecule has 1 N–H and O–H groups in total. The molecule has 2 heterocycles. The van der Waals surface area contributed by atoms with E-state index in [0.717, 1.165) is 5.56 Å². The van der Waals surface area contributed by atoms with Crippen LogP contribution in [0.25, 0.3) is 0 Å². The number of nitrogens with one attached hydrogen (secondary N) is 1. The fourth-order valence-electron chi connectivity index (χ4n) is 1.89. The van der Waals surface area contributed by atoms with E-state index >= 15 is 0 Å². The van der Waals surface area contributed by atoms with E-state index in [1.165, 1.54) is 4.90 Å². The molecule has 1 aliphatic heterocycles. The monoisotopic (exact) mass is 233 g/mol. The van der Waals surface area contributed by atoms with Crippen LogP contribution in [-0.4, -0.2) is 40.6 Å². The molecule has 0 saturated heterocycles. The van der Waals surface area contributed by atoms with Crippen molar-refractivity contribution in [2.24, 2.45) is 0 Å². The van der Waals surface area contributed by atoms with Crippen LogP contribution in [0.15, 0.2) is 0 Å². The van der Waals surface area contributed by atoms with Gasteiger partial charge in [0.05, 0.1) is 12.2 Å². The van der Waals surface area contributed by atoms with Gasteiger partial charge >= 0.3 is 6.18 Å². The van der Waals surface area contributed by atoms with Gasteiger partial charge in [-0.05, 0) is 6.42 Å². The Hall–Kier alpha value is -1.37. The van der Waals surface area contributed by atoms with E-state index in [4.69, 9.17) is 0 Å². The highest BCUT2D eigenvalue weighted by atomic mass is 19.4. The van der Waals surface area contributed by atoms with Crippen molar-refractivity contribution in [1.82, 2.24) is 15.1 Å². The van der Waals surface area contributed by atoms with E-state index < -0.39 is 12.7 Å². The largest absolute Gasteiger partial charge is 0.401 e. The first-order valence-electron chi connectivity index (χ1n) is 4.80. The highest BCUT2D eigenvalue weighted by Crippen LogP contribution is 2.23. The number of rotatable bonds is 2. The molecule has 0 unspecified atom stereocenters. The van der Waals surface area contributed by atoms with Crippen molar-refractivity contribution in [3.63, 3.8) is 0 Å². The zero-order valence-corrected chi connectivity index (χ0v) is 8.34. The van der Waals surface area contributed by atoms with E-state index in [1.807, 2.05) is 0 Å². The van der Waals surface area contributed by atoms with Crippen LogP contribution < -0.4 is 0 Å². The van der Waals surface area contributed by atoms with Crippen molar-refractivity contribution in [2.75, 3.05) is 13.1 Å². The van der Waals surface area contributed by atoms with Gasteiger partial charge in [0.2, 0.25) is 0 Å².